The predicted octanol–water partition coefficient (Wildman–Crippen LogP) is 4.47. The molecule has 3 rings (SSSR count). The zero-order chi connectivity index (χ0) is 15.9. The Morgan fingerprint density at radius 2 is 1.57 bits per heavy atom. The van der Waals surface area contributed by atoms with Crippen molar-refractivity contribution in [1.29, 1.82) is 0 Å². The van der Waals surface area contributed by atoms with E-state index in [-0.39, 0.29) is 0 Å². The Bertz CT molecular complexity index is 706. The van der Waals surface area contributed by atoms with Crippen molar-refractivity contribution < 1.29 is 0 Å². The summed E-state index contributed by atoms with van der Waals surface area (Å²) in [5, 5.41) is 3.59. The summed E-state index contributed by atoms with van der Waals surface area (Å²) in [4.78, 5) is 4.38. The van der Waals surface area contributed by atoms with Crippen LogP contribution in [-0.4, -0.2) is 11.0 Å². The zero-order valence-electron chi connectivity index (χ0n) is 13.4. The van der Waals surface area contributed by atoms with Gasteiger partial charge in [-0.1, -0.05) is 60.7 Å². The van der Waals surface area contributed by atoms with E-state index in [2.05, 4.69) is 71.8 Å². The summed E-state index contributed by atoms with van der Waals surface area (Å²) >= 11 is 0. The molecule has 0 spiro atoms. The van der Waals surface area contributed by atoms with Gasteiger partial charge in [-0.2, -0.15) is 0 Å². The van der Waals surface area contributed by atoms with Crippen molar-refractivity contribution in [2.24, 2.45) is 0 Å². The summed E-state index contributed by atoms with van der Waals surface area (Å²) in [6.45, 7) is 3.12. The minimum atomic E-state index is 0.452. The minimum absolute atomic E-state index is 0.452. The van der Waals surface area contributed by atoms with Crippen LogP contribution >= 0.6 is 0 Å². The largest absolute Gasteiger partial charge is 0.310 e. The van der Waals surface area contributed by atoms with Gasteiger partial charge in [-0.15, -0.1) is 0 Å². The highest BCUT2D eigenvalue weighted by molar-refractivity contribution is 5.58. The van der Waals surface area contributed by atoms with E-state index in [0.717, 1.165) is 24.2 Å². The van der Waals surface area contributed by atoms with E-state index < -0.39 is 0 Å². The number of rotatable bonds is 6. The molecular weight excluding hydrogens is 280 g/mol. The molecule has 1 heterocycles. The summed E-state index contributed by atoms with van der Waals surface area (Å²) in [6, 6.07) is 25.7. The second-order valence-electron chi connectivity index (χ2n) is 5.88. The second-order valence-corrected chi connectivity index (χ2v) is 5.88. The van der Waals surface area contributed by atoms with Crippen molar-refractivity contribution >= 4 is 0 Å². The van der Waals surface area contributed by atoms with Gasteiger partial charge in [0.1, 0.15) is 0 Å². The number of aromatic nitrogens is 1. The molecule has 0 saturated carbocycles. The van der Waals surface area contributed by atoms with Gasteiger partial charge < -0.3 is 5.32 Å². The molecule has 0 aliphatic rings. The molecule has 1 N–H and O–H groups in total. The first-order chi connectivity index (χ1) is 11.3. The molecule has 116 valence electrons. The Balaban J connectivity index is 1.54. The lowest BCUT2D eigenvalue weighted by molar-refractivity contribution is 0.545. The van der Waals surface area contributed by atoms with Crippen molar-refractivity contribution in [3.8, 4) is 11.3 Å². The van der Waals surface area contributed by atoms with Gasteiger partial charge in [0.25, 0.3) is 0 Å². The molecular formula is C21H22N2. The van der Waals surface area contributed by atoms with E-state index in [1.807, 2.05) is 24.4 Å². The van der Waals surface area contributed by atoms with Crippen molar-refractivity contribution in [2.45, 2.75) is 25.9 Å². The molecule has 23 heavy (non-hydrogen) atoms. The maximum atomic E-state index is 4.38. The van der Waals surface area contributed by atoms with E-state index in [9.17, 15) is 0 Å². The van der Waals surface area contributed by atoms with Gasteiger partial charge in [0.2, 0.25) is 0 Å². The first-order valence-corrected chi connectivity index (χ1v) is 8.09. The average molecular weight is 302 g/mol. The van der Waals surface area contributed by atoms with Crippen LogP contribution in [0.2, 0.25) is 0 Å². The van der Waals surface area contributed by atoms with Gasteiger partial charge in [0, 0.05) is 24.3 Å². The quantitative estimate of drug-likeness (QED) is 0.726. The molecule has 0 aliphatic carbocycles. The summed E-state index contributed by atoms with van der Waals surface area (Å²) in [6.07, 6.45) is 2.88. The van der Waals surface area contributed by atoms with Crippen LogP contribution in [0.5, 0.6) is 0 Å². The topological polar surface area (TPSA) is 24.9 Å². The van der Waals surface area contributed by atoms with Crippen LogP contribution in [0.25, 0.3) is 11.3 Å². The third kappa shape index (κ3) is 4.51. The van der Waals surface area contributed by atoms with Gasteiger partial charge in [0.05, 0.1) is 5.69 Å². The van der Waals surface area contributed by atoms with Gasteiger partial charge in [-0.3, -0.25) is 4.98 Å². The fourth-order valence-corrected chi connectivity index (χ4v) is 2.66. The summed E-state index contributed by atoms with van der Waals surface area (Å²) in [5.41, 5.74) is 4.85. The summed E-state index contributed by atoms with van der Waals surface area (Å²) in [5.74, 6) is 0. The molecule has 3 aromatic rings. The summed E-state index contributed by atoms with van der Waals surface area (Å²) in [7, 11) is 0. The maximum Gasteiger partial charge on any atom is 0.0701 e. The van der Waals surface area contributed by atoms with Crippen LogP contribution < -0.4 is 5.32 Å². The van der Waals surface area contributed by atoms with Crippen LogP contribution in [0, 0.1) is 0 Å². The molecule has 2 heteroatoms. The first-order valence-electron chi connectivity index (χ1n) is 8.09. The molecule has 0 aliphatic heterocycles. The second kappa shape index (κ2) is 7.70. The highest BCUT2D eigenvalue weighted by Gasteiger charge is 2.04. The van der Waals surface area contributed by atoms with Crippen molar-refractivity contribution in [3.63, 3.8) is 0 Å². The molecule has 0 radical (unpaired) electrons. The van der Waals surface area contributed by atoms with Gasteiger partial charge in [-0.05, 0) is 36.6 Å². The van der Waals surface area contributed by atoms with Crippen LogP contribution in [0.1, 0.15) is 18.1 Å². The molecule has 2 nitrogen and oxygen atoms in total. The van der Waals surface area contributed by atoms with Crippen molar-refractivity contribution in [1.82, 2.24) is 10.3 Å². The van der Waals surface area contributed by atoms with Crippen molar-refractivity contribution in [2.75, 3.05) is 0 Å². The normalized spacial score (nSPS) is 12.0. The van der Waals surface area contributed by atoms with Crippen LogP contribution in [-0.2, 0) is 13.0 Å². The fourth-order valence-electron chi connectivity index (χ4n) is 2.66. The molecule has 0 amide bonds. The molecule has 0 saturated heterocycles. The van der Waals surface area contributed by atoms with E-state index in [1.165, 1.54) is 11.1 Å². The Kier molecular flexibility index (Phi) is 5.17. The molecule has 0 unspecified atom stereocenters. The standard InChI is InChI=1S/C21H22N2/c1-17(15-18-7-3-2-4-8-18)23-16-19-10-12-20(13-11-19)21-9-5-6-14-22-21/h2-14,17,23H,15-16H2,1H3/t17-/m1/s1. The number of nitrogens with one attached hydrogen (secondary N) is 1. The lowest BCUT2D eigenvalue weighted by Crippen LogP contribution is -2.27. The van der Waals surface area contributed by atoms with Crippen LogP contribution in [0.3, 0.4) is 0 Å². The van der Waals surface area contributed by atoms with E-state index >= 15 is 0 Å². The Morgan fingerprint density at radius 1 is 0.826 bits per heavy atom. The van der Waals surface area contributed by atoms with Crippen LogP contribution in [0.15, 0.2) is 79.0 Å². The fraction of sp³-hybridized carbons (Fsp3) is 0.190. The molecule has 1 aromatic heterocycles. The highest BCUT2D eigenvalue weighted by Crippen LogP contribution is 2.16. The Labute approximate surface area is 138 Å². The van der Waals surface area contributed by atoms with Gasteiger partial charge in [0.15, 0.2) is 0 Å². The monoisotopic (exact) mass is 302 g/mol. The number of pyridine rings is 1. The SMILES string of the molecule is C[C@H](Cc1ccccc1)NCc1ccc(-c2ccccn2)cc1. The minimum Gasteiger partial charge on any atom is -0.310 e. The zero-order valence-corrected chi connectivity index (χ0v) is 13.4. The number of nitrogens with zero attached hydrogens (tertiary/aromatic N) is 1. The third-order valence-corrected chi connectivity index (χ3v) is 3.95. The van der Waals surface area contributed by atoms with Crippen molar-refractivity contribution in [3.05, 3.63) is 90.1 Å². The summed E-state index contributed by atoms with van der Waals surface area (Å²) < 4.78 is 0. The lowest BCUT2D eigenvalue weighted by atomic mass is 10.1. The van der Waals surface area contributed by atoms with E-state index in [0.29, 0.717) is 6.04 Å². The first kappa shape index (κ1) is 15.4. The smallest absolute Gasteiger partial charge is 0.0701 e. The predicted molar refractivity (Wildman–Crippen MR) is 96.1 cm³/mol. The molecule has 2 aromatic carbocycles. The van der Waals surface area contributed by atoms with Gasteiger partial charge in [-0.25, -0.2) is 0 Å². The lowest BCUT2D eigenvalue weighted by Gasteiger charge is -2.14. The molecule has 1 atom stereocenters. The highest BCUT2D eigenvalue weighted by atomic mass is 14.9. The number of hydrogen-bond acceptors (Lipinski definition) is 2. The third-order valence-electron chi connectivity index (χ3n) is 3.95. The Hall–Kier alpha value is -2.45. The van der Waals surface area contributed by atoms with Gasteiger partial charge >= 0.3 is 0 Å². The molecule has 0 fully saturated rings. The number of hydrogen-bond donors (Lipinski definition) is 1. The maximum absolute atomic E-state index is 4.38. The Morgan fingerprint density at radius 3 is 2.26 bits per heavy atom. The van der Waals surface area contributed by atoms with Crippen LogP contribution in [0.4, 0.5) is 0 Å². The number of benzene rings is 2. The van der Waals surface area contributed by atoms with E-state index in [1.54, 1.807) is 0 Å². The molecule has 0 bridgehead atoms. The van der Waals surface area contributed by atoms with E-state index in [4.69, 9.17) is 0 Å². The average Bonchev–Trinajstić information content (AvgIpc) is 2.62.